The summed E-state index contributed by atoms with van der Waals surface area (Å²) in [4.78, 5) is 0. The lowest BCUT2D eigenvalue weighted by Gasteiger charge is -2.16. The summed E-state index contributed by atoms with van der Waals surface area (Å²) in [6.07, 6.45) is -3.18. The Morgan fingerprint density at radius 3 is 2.56 bits per heavy atom. The summed E-state index contributed by atoms with van der Waals surface area (Å²) in [5, 5.41) is 35.8. The average molecular weight is 220 g/mol. The fourth-order valence-electron chi connectivity index (χ4n) is 1.28. The summed E-state index contributed by atoms with van der Waals surface area (Å²) in [7, 11) is 0. The number of hydrogen-bond acceptors (Lipinski definition) is 4. The largest absolute Gasteiger partial charge is 0.389 e. The Kier molecular flexibility index (Phi) is 3.96. The predicted molar refractivity (Wildman–Crippen MR) is 52.3 cm³/mol. The van der Waals surface area contributed by atoms with E-state index in [1.54, 1.807) is 12.1 Å². The average Bonchev–Trinajstić information content (AvgIpc) is 2.29. The second-order valence-corrected chi connectivity index (χ2v) is 3.20. The van der Waals surface area contributed by atoms with E-state index in [0.29, 0.717) is 0 Å². The fourth-order valence-corrected chi connectivity index (χ4v) is 1.28. The zero-order valence-corrected chi connectivity index (χ0v) is 8.26. The van der Waals surface area contributed by atoms with Crippen molar-refractivity contribution in [2.75, 3.05) is 0 Å². The zero-order chi connectivity index (χ0) is 12.1. The number of nitriles is 2. The lowest BCUT2D eigenvalue weighted by Crippen LogP contribution is -2.19. The Morgan fingerprint density at radius 2 is 2.00 bits per heavy atom. The standard InChI is InChI=1S/C11H9FN2O2/c12-10-7(6-14)2-1-3-8(10)11(16)9(15)4-5-13/h1-3,9,11,15-16H,4H2. The van der Waals surface area contributed by atoms with Crippen LogP contribution in [0.4, 0.5) is 4.39 Å². The third-order valence-electron chi connectivity index (χ3n) is 2.13. The van der Waals surface area contributed by atoms with Crippen LogP contribution in [0.2, 0.25) is 0 Å². The van der Waals surface area contributed by atoms with Gasteiger partial charge in [0.05, 0.1) is 24.2 Å². The third kappa shape index (κ3) is 2.34. The van der Waals surface area contributed by atoms with Gasteiger partial charge in [-0.3, -0.25) is 0 Å². The first-order valence-electron chi connectivity index (χ1n) is 4.53. The Balaban J connectivity index is 3.06. The number of hydrogen-bond donors (Lipinski definition) is 2. The molecule has 82 valence electrons. The van der Waals surface area contributed by atoms with E-state index in [2.05, 4.69) is 0 Å². The minimum atomic E-state index is -1.51. The van der Waals surface area contributed by atoms with Crippen LogP contribution in [-0.4, -0.2) is 16.3 Å². The second-order valence-electron chi connectivity index (χ2n) is 3.20. The summed E-state index contributed by atoms with van der Waals surface area (Å²) >= 11 is 0. The Bertz CT molecular complexity index is 462. The van der Waals surface area contributed by atoms with E-state index in [9.17, 15) is 14.6 Å². The molecule has 2 N–H and O–H groups in total. The van der Waals surface area contributed by atoms with E-state index in [1.165, 1.54) is 18.2 Å². The van der Waals surface area contributed by atoms with Crippen LogP contribution >= 0.6 is 0 Å². The van der Waals surface area contributed by atoms with Crippen molar-refractivity contribution in [3.05, 3.63) is 35.1 Å². The molecule has 1 aromatic rings. The Morgan fingerprint density at radius 1 is 1.31 bits per heavy atom. The van der Waals surface area contributed by atoms with Crippen molar-refractivity contribution in [1.29, 1.82) is 10.5 Å². The quantitative estimate of drug-likeness (QED) is 0.795. The molecule has 16 heavy (non-hydrogen) atoms. The molecule has 4 nitrogen and oxygen atoms in total. The molecule has 1 rings (SSSR count). The molecule has 5 heteroatoms. The highest BCUT2D eigenvalue weighted by Gasteiger charge is 2.22. The van der Waals surface area contributed by atoms with Gasteiger partial charge in [0.25, 0.3) is 0 Å². The third-order valence-corrected chi connectivity index (χ3v) is 2.13. The highest BCUT2D eigenvalue weighted by atomic mass is 19.1. The summed E-state index contributed by atoms with van der Waals surface area (Å²) < 4.78 is 13.5. The van der Waals surface area contributed by atoms with Gasteiger partial charge in [0.1, 0.15) is 18.0 Å². The number of nitrogens with zero attached hydrogens (tertiary/aromatic N) is 2. The van der Waals surface area contributed by atoms with Gasteiger partial charge >= 0.3 is 0 Å². The number of aliphatic hydroxyl groups is 2. The van der Waals surface area contributed by atoms with Gasteiger partial charge < -0.3 is 10.2 Å². The first kappa shape index (κ1) is 12.1. The van der Waals surface area contributed by atoms with Crippen LogP contribution in [0, 0.1) is 28.5 Å². The minimum absolute atomic E-state index is 0.179. The predicted octanol–water partition coefficient (Wildman–Crippen LogP) is 1.01. The van der Waals surface area contributed by atoms with Gasteiger partial charge in [0.2, 0.25) is 0 Å². The molecule has 0 bridgehead atoms. The van der Waals surface area contributed by atoms with Gasteiger partial charge in [-0.15, -0.1) is 0 Å². The van der Waals surface area contributed by atoms with Gasteiger partial charge in [0, 0.05) is 5.56 Å². The van der Waals surface area contributed by atoms with E-state index in [0.717, 1.165) is 0 Å². The lowest BCUT2D eigenvalue weighted by molar-refractivity contribution is 0.0195. The van der Waals surface area contributed by atoms with Crippen molar-refractivity contribution >= 4 is 0 Å². The van der Waals surface area contributed by atoms with Gasteiger partial charge in [-0.2, -0.15) is 10.5 Å². The fraction of sp³-hybridized carbons (Fsp3) is 0.273. The van der Waals surface area contributed by atoms with Gasteiger partial charge in [-0.1, -0.05) is 12.1 Å². The molecule has 0 radical (unpaired) electrons. The zero-order valence-electron chi connectivity index (χ0n) is 8.26. The maximum Gasteiger partial charge on any atom is 0.146 e. The van der Waals surface area contributed by atoms with Crippen molar-refractivity contribution in [2.24, 2.45) is 0 Å². The molecule has 0 amide bonds. The molecule has 2 unspecified atom stereocenters. The van der Waals surface area contributed by atoms with Gasteiger partial charge in [0.15, 0.2) is 0 Å². The molecule has 0 saturated heterocycles. The van der Waals surface area contributed by atoms with E-state index < -0.39 is 18.0 Å². The van der Waals surface area contributed by atoms with Crippen molar-refractivity contribution in [3.8, 4) is 12.1 Å². The first-order valence-corrected chi connectivity index (χ1v) is 4.53. The van der Waals surface area contributed by atoms with Gasteiger partial charge in [-0.25, -0.2) is 4.39 Å². The molecule has 0 spiro atoms. The van der Waals surface area contributed by atoms with Crippen LogP contribution < -0.4 is 0 Å². The summed E-state index contributed by atoms with van der Waals surface area (Å²) in [5.41, 5.74) is -0.387. The molecule has 0 heterocycles. The van der Waals surface area contributed by atoms with Gasteiger partial charge in [-0.05, 0) is 6.07 Å². The molecule has 1 aromatic carbocycles. The van der Waals surface area contributed by atoms with Crippen LogP contribution in [0.1, 0.15) is 23.7 Å². The van der Waals surface area contributed by atoms with Crippen LogP contribution in [0.3, 0.4) is 0 Å². The maximum atomic E-state index is 13.5. The van der Waals surface area contributed by atoms with Crippen molar-refractivity contribution in [2.45, 2.75) is 18.6 Å². The smallest absolute Gasteiger partial charge is 0.146 e. The normalized spacial score (nSPS) is 13.6. The van der Waals surface area contributed by atoms with Crippen LogP contribution in [0.25, 0.3) is 0 Å². The van der Waals surface area contributed by atoms with Crippen LogP contribution in [0.15, 0.2) is 18.2 Å². The number of aliphatic hydroxyl groups excluding tert-OH is 2. The van der Waals surface area contributed by atoms with E-state index in [1.807, 2.05) is 0 Å². The van der Waals surface area contributed by atoms with E-state index in [4.69, 9.17) is 10.5 Å². The molecule has 0 aromatic heterocycles. The summed E-state index contributed by atoms with van der Waals surface area (Å²) in [5.74, 6) is -0.866. The number of halogens is 1. The molecule has 0 aliphatic heterocycles. The summed E-state index contributed by atoms with van der Waals surface area (Å²) in [6.45, 7) is 0. The topological polar surface area (TPSA) is 88.0 Å². The molecule has 2 atom stereocenters. The molecule has 0 fully saturated rings. The highest BCUT2D eigenvalue weighted by molar-refractivity contribution is 5.36. The highest BCUT2D eigenvalue weighted by Crippen LogP contribution is 2.23. The Hall–Kier alpha value is -1.95. The van der Waals surface area contributed by atoms with Crippen molar-refractivity contribution in [3.63, 3.8) is 0 Å². The molecule has 0 aliphatic rings. The molecule has 0 saturated carbocycles. The van der Waals surface area contributed by atoms with Crippen LogP contribution in [0.5, 0.6) is 0 Å². The molecule has 0 aliphatic carbocycles. The van der Waals surface area contributed by atoms with E-state index >= 15 is 0 Å². The summed E-state index contributed by atoms with van der Waals surface area (Å²) in [6, 6.07) is 7.23. The first-order chi connectivity index (χ1) is 7.61. The number of benzene rings is 1. The SMILES string of the molecule is N#CCC(O)C(O)c1cccc(C#N)c1F. The number of rotatable bonds is 3. The van der Waals surface area contributed by atoms with Crippen molar-refractivity contribution in [1.82, 2.24) is 0 Å². The monoisotopic (exact) mass is 220 g/mol. The minimum Gasteiger partial charge on any atom is -0.389 e. The lowest BCUT2D eigenvalue weighted by atomic mass is 10.00. The molecular weight excluding hydrogens is 211 g/mol. The Labute approximate surface area is 91.8 Å². The van der Waals surface area contributed by atoms with Crippen LogP contribution in [-0.2, 0) is 0 Å². The van der Waals surface area contributed by atoms with E-state index in [-0.39, 0.29) is 17.5 Å². The maximum absolute atomic E-state index is 13.5. The van der Waals surface area contributed by atoms with Crippen molar-refractivity contribution < 1.29 is 14.6 Å². The second kappa shape index (κ2) is 5.22. The molecular formula is C11H9FN2O2.